The number of nitrogens with zero attached hydrogens (tertiary/aromatic N) is 3. The van der Waals surface area contributed by atoms with E-state index in [1.165, 1.54) is 6.07 Å². The number of benzene rings is 1. The summed E-state index contributed by atoms with van der Waals surface area (Å²) >= 11 is 0. The van der Waals surface area contributed by atoms with Crippen LogP contribution in [0.15, 0.2) is 55.0 Å². The van der Waals surface area contributed by atoms with Crippen LogP contribution >= 0.6 is 0 Å². The van der Waals surface area contributed by atoms with Crippen LogP contribution in [-0.4, -0.2) is 27.5 Å². The molecule has 152 valence electrons. The van der Waals surface area contributed by atoms with Gasteiger partial charge in [-0.25, -0.2) is 9.78 Å². The van der Waals surface area contributed by atoms with E-state index in [9.17, 15) is 14.9 Å². The second-order valence-corrected chi connectivity index (χ2v) is 6.25. The van der Waals surface area contributed by atoms with Crippen molar-refractivity contribution in [2.75, 3.05) is 6.61 Å². The molecule has 0 N–H and O–H groups in total. The third kappa shape index (κ3) is 5.05. The number of carbonyl (C=O) groups is 1. The number of nitro groups is 1. The Bertz CT molecular complexity index is 1100. The highest BCUT2D eigenvalue weighted by atomic mass is 16.6. The van der Waals surface area contributed by atoms with Gasteiger partial charge >= 0.3 is 5.97 Å². The van der Waals surface area contributed by atoms with E-state index in [0.717, 1.165) is 17.3 Å². The molecule has 3 aromatic rings. The number of aryl methyl sites for hydroxylation is 1. The largest absolute Gasteiger partial charge is 0.462 e. The number of ether oxygens (including phenoxy) is 2. The van der Waals surface area contributed by atoms with Crippen molar-refractivity contribution in [2.24, 2.45) is 0 Å². The first-order valence-corrected chi connectivity index (χ1v) is 9.16. The molecule has 0 radical (unpaired) electrons. The van der Waals surface area contributed by atoms with Crippen LogP contribution in [0.1, 0.15) is 34.1 Å². The fourth-order valence-electron chi connectivity index (χ4n) is 2.67. The van der Waals surface area contributed by atoms with Gasteiger partial charge in [0.1, 0.15) is 17.7 Å². The molecule has 0 saturated carbocycles. The van der Waals surface area contributed by atoms with E-state index in [1.54, 1.807) is 37.5 Å². The Hall–Kier alpha value is -4.07. The Morgan fingerprint density at radius 1 is 1.20 bits per heavy atom. The van der Waals surface area contributed by atoms with Gasteiger partial charge in [0.15, 0.2) is 0 Å². The molecule has 0 aliphatic heterocycles. The summed E-state index contributed by atoms with van der Waals surface area (Å²) in [7, 11) is 0. The molecule has 2 aromatic heterocycles. The number of hydrogen-bond donors (Lipinski definition) is 0. The van der Waals surface area contributed by atoms with Crippen LogP contribution in [0, 0.1) is 17.0 Å². The van der Waals surface area contributed by atoms with E-state index in [2.05, 4.69) is 9.97 Å². The van der Waals surface area contributed by atoms with Crippen molar-refractivity contribution in [1.82, 2.24) is 9.97 Å². The molecule has 0 bridgehead atoms. The predicted molar refractivity (Wildman–Crippen MR) is 111 cm³/mol. The summed E-state index contributed by atoms with van der Waals surface area (Å²) in [6.07, 6.45) is 7.79. The van der Waals surface area contributed by atoms with E-state index in [0.29, 0.717) is 11.5 Å². The van der Waals surface area contributed by atoms with E-state index in [4.69, 9.17) is 9.47 Å². The highest BCUT2D eigenvalue weighted by Crippen LogP contribution is 2.26. The van der Waals surface area contributed by atoms with Crippen molar-refractivity contribution in [3.8, 4) is 11.5 Å². The maximum Gasteiger partial charge on any atom is 0.340 e. The summed E-state index contributed by atoms with van der Waals surface area (Å²) in [5, 5.41) is 11.0. The lowest BCUT2D eigenvalue weighted by atomic mass is 10.1. The van der Waals surface area contributed by atoms with Gasteiger partial charge in [-0.05, 0) is 55.3 Å². The monoisotopic (exact) mass is 405 g/mol. The molecule has 30 heavy (non-hydrogen) atoms. The fraction of sp³-hybridized carbons (Fsp3) is 0.136. The minimum atomic E-state index is -0.662. The summed E-state index contributed by atoms with van der Waals surface area (Å²) in [5.41, 5.74) is 1.80. The van der Waals surface area contributed by atoms with Crippen LogP contribution in [0.25, 0.3) is 12.2 Å². The maximum atomic E-state index is 12.2. The zero-order valence-corrected chi connectivity index (χ0v) is 16.4. The molecule has 0 unspecified atom stereocenters. The zero-order valence-electron chi connectivity index (χ0n) is 16.4. The number of aromatic nitrogens is 2. The standard InChI is InChI=1S/C22H19N3O5/c1-3-29-22(26)19-12-17(25(27)28)13-24-20(19)8-6-16-7-9-21(15(2)11-16)30-18-5-4-10-23-14-18/h4-14H,3H2,1-2H3/b8-6+. The van der Waals surface area contributed by atoms with Crippen LogP contribution in [0.4, 0.5) is 5.69 Å². The number of carbonyl (C=O) groups excluding carboxylic acids is 1. The lowest BCUT2D eigenvalue weighted by Gasteiger charge is -2.09. The average Bonchev–Trinajstić information content (AvgIpc) is 2.74. The molecular weight excluding hydrogens is 386 g/mol. The SMILES string of the molecule is CCOC(=O)c1cc([N+](=O)[O-])cnc1/C=C/c1ccc(Oc2cccnc2)c(C)c1. The van der Waals surface area contributed by atoms with Gasteiger partial charge in [0.05, 0.1) is 29.0 Å². The quantitative estimate of drug-likeness (QED) is 0.315. The van der Waals surface area contributed by atoms with Crippen molar-refractivity contribution in [1.29, 1.82) is 0 Å². The van der Waals surface area contributed by atoms with Crippen molar-refractivity contribution < 1.29 is 19.2 Å². The van der Waals surface area contributed by atoms with Crippen LogP contribution in [-0.2, 0) is 4.74 Å². The van der Waals surface area contributed by atoms with Crippen molar-refractivity contribution >= 4 is 23.8 Å². The molecule has 3 rings (SSSR count). The first-order chi connectivity index (χ1) is 14.5. The predicted octanol–water partition coefficient (Wildman–Crippen LogP) is 4.83. The van der Waals surface area contributed by atoms with E-state index >= 15 is 0 Å². The van der Waals surface area contributed by atoms with Crippen molar-refractivity contribution in [3.63, 3.8) is 0 Å². The number of rotatable bonds is 7. The molecule has 8 nitrogen and oxygen atoms in total. The van der Waals surface area contributed by atoms with E-state index in [1.807, 2.05) is 31.2 Å². The van der Waals surface area contributed by atoms with E-state index < -0.39 is 10.9 Å². The molecule has 1 aromatic carbocycles. The molecule has 0 aliphatic rings. The average molecular weight is 405 g/mol. The molecule has 2 heterocycles. The minimum Gasteiger partial charge on any atom is -0.462 e. The molecule has 0 atom stereocenters. The lowest BCUT2D eigenvalue weighted by molar-refractivity contribution is -0.385. The van der Waals surface area contributed by atoms with Crippen LogP contribution in [0.5, 0.6) is 11.5 Å². The smallest absolute Gasteiger partial charge is 0.340 e. The maximum absolute atomic E-state index is 12.2. The second kappa shape index (κ2) is 9.42. The van der Waals surface area contributed by atoms with Gasteiger partial charge in [0.2, 0.25) is 0 Å². The Balaban J connectivity index is 1.85. The third-order valence-corrected chi connectivity index (χ3v) is 4.11. The van der Waals surface area contributed by atoms with Gasteiger partial charge in [-0.15, -0.1) is 0 Å². The molecular formula is C22H19N3O5. The van der Waals surface area contributed by atoms with Gasteiger partial charge in [0, 0.05) is 12.3 Å². The summed E-state index contributed by atoms with van der Waals surface area (Å²) in [4.78, 5) is 30.7. The van der Waals surface area contributed by atoms with Crippen LogP contribution in [0.3, 0.4) is 0 Å². The Kier molecular flexibility index (Phi) is 6.49. The highest BCUT2D eigenvalue weighted by molar-refractivity contribution is 5.94. The molecule has 0 spiro atoms. The normalized spacial score (nSPS) is 10.7. The van der Waals surface area contributed by atoms with Gasteiger partial charge in [-0.2, -0.15) is 0 Å². The van der Waals surface area contributed by atoms with Gasteiger partial charge in [-0.1, -0.05) is 12.1 Å². The number of pyridine rings is 2. The van der Waals surface area contributed by atoms with Crippen LogP contribution in [0.2, 0.25) is 0 Å². The van der Waals surface area contributed by atoms with Gasteiger partial charge in [-0.3, -0.25) is 15.1 Å². The molecule has 8 heteroatoms. The Morgan fingerprint density at radius 2 is 2.03 bits per heavy atom. The first kappa shape index (κ1) is 20.7. The summed E-state index contributed by atoms with van der Waals surface area (Å²) in [6, 6.07) is 10.4. The third-order valence-electron chi connectivity index (χ3n) is 4.11. The number of esters is 1. The van der Waals surface area contributed by atoms with Crippen molar-refractivity contribution in [2.45, 2.75) is 13.8 Å². The Morgan fingerprint density at radius 3 is 2.70 bits per heavy atom. The minimum absolute atomic E-state index is 0.0375. The van der Waals surface area contributed by atoms with E-state index in [-0.39, 0.29) is 23.6 Å². The number of hydrogen-bond acceptors (Lipinski definition) is 7. The topological polar surface area (TPSA) is 104 Å². The first-order valence-electron chi connectivity index (χ1n) is 9.16. The Labute approximate surface area is 173 Å². The highest BCUT2D eigenvalue weighted by Gasteiger charge is 2.17. The van der Waals surface area contributed by atoms with Crippen molar-refractivity contribution in [3.05, 3.63) is 87.5 Å². The molecule has 0 amide bonds. The van der Waals surface area contributed by atoms with Gasteiger partial charge < -0.3 is 9.47 Å². The van der Waals surface area contributed by atoms with Crippen LogP contribution < -0.4 is 4.74 Å². The second-order valence-electron chi connectivity index (χ2n) is 6.25. The molecule has 0 aliphatic carbocycles. The van der Waals surface area contributed by atoms with Gasteiger partial charge in [0.25, 0.3) is 5.69 Å². The molecule has 0 saturated heterocycles. The summed E-state index contributed by atoms with van der Waals surface area (Å²) < 4.78 is 10.8. The molecule has 0 fully saturated rings. The summed E-state index contributed by atoms with van der Waals surface area (Å²) in [5.74, 6) is 0.670. The summed E-state index contributed by atoms with van der Waals surface area (Å²) in [6.45, 7) is 3.73. The lowest BCUT2D eigenvalue weighted by Crippen LogP contribution is -2.08. The fourth-order valence-corrected chi connectivity index (χ4v) is 2.67. The zero-order chi connectivity index (χ0) is 21.5.